The average molecular weight is 307 g/mol. The van der Waals surface area contributed by atoms with Crippen LogP contribution in [0.1, 0.15) is 37.8 Å². The Morgan fingerprint density at radius 3 is 2.77 bits per heavy atom. The summed E-state index contributed by atoms with van der Waals surface area (Å²) in [5.74, 6) is 0.872. The second-order valence-electron chi connectivity index (χ2n) is 5.86. The van der Waals surface area contributed by atoms with Crippen LogP contribution in [0.2, 0.25) is 0 Å². The van der Waals surface area contributed by atoms with Crippen LogP contribution in [-0.2, 0) is 17.6 Å². The first-order valence-corrected chi connectivity index (χ1v) is 8.11. The fraction of sp³-hybridized carbons (Fsp3) is 0.611. The number of aldehydes is 1. The van der Waals surface area contributed by atoms with Gasteiger partial charge in [-0.3, -0.25) is 0 Å². The zero-order chi connectivity index (χ0) is 16.4. The SMILES string of the molecule is CCCCOc1ccc(CC=O)c(CCN(C)CC(C)O)c1. The Hall–Kier alpha value is -1.39. The van der Waals surface area contributed by atoms with Crippen LogP contribution in [0.25, 0.3) is 0 Å². The van der Waals surface area contributed by atoms with Gasteiger partial charge in [-0.05, 0) is 50.1 Å². The number of unbranched alkanes of at least 4 members (excludes halogenated alkanes) is 1. The van der Waals surface area contributed by atoms with Gasteiger partial charge < -0.3 is 19.5 Å². The summed E-state index contributed by atoms with van der Waals surface area (Å²) in [6.07, 6.45) is 4.05. The minimum atomic E-state index is -0.330. The average Bonchev–Trinajstić information content (AvgIpc) is 2.47. The van der Waals surface area contributed by atoms with E-state index in [-0.39, 0.29) is 6.10 Å². The summed E-state index contributed by atoms with van der Waals surface area (Å²) < 4.78 is 5.75. The molecule has 0 spiro atoms. The summed E-state index contributed by atoms with van der Waals surface area (Å²) >= 11 is 0. The van der Waals surface area contributed by atoms with Crippen LogP contribution >= 0.6 is 0 Å². The summed E-state index contributed by atoms with van der Waals surface area (Å²) in [7, 11) is 1.99. The summed E-state index contributed by atoms with van der Waals surface area (Å²) in [6.45, 7) is 6.15. The molecule has 1 aromatic rings. The van der Waals surface area contributed by atoms with Crippen molar-refractivity contribution in [3.05, 3.63) is 29.3 Å². The van der Waals surface area contributed by atoms with Gasteiger partial charge in [0.25, 0.3) is 0 Å². The van der Waals surface area contributed by atoms with Gasteiger partial charge >= 0.3 is 0 Å². The number of benzene rings is 1. The predicted octanol–water partition coefficient (Wildman–Crippen LogP) is 2.46. The molecule has 0 fully saturated rings. The number of carbonyl (C=O) groups excluding carboxylic acids is 1. The maximum Gasteiger partial charge on any atom is 0.124 e. The van der Waals surface area contributed by atoms with E-state index in [0.29, 0.717) is 13.0 Å². The zero-order valence-corrected chi connectivity index (χ0v) is 14.0. The van der Waals surface area contributed by atoms with Crippen molar-refractivity contribution in [2.75, 3.05) is 26.7 Å². The molecule has 0 amide bonds. The molecule has 1 N–H and O–H groups in total. The number of hydrogen-bond acceptors (Lipinski definition) is 4. The minimum absolute atomic E-state index is 0.330. The Balaban J connectivity index is 2.70. The van der Waals surface area contributed by atoms with Crippen LogP contribution < -0.4 is 4.74 Å². The van der Waals surface area contributed by atoms with E-state index in [1.165, 1.54) is 0 Å². The third-order valence-corrected chi connectivity index (χ3v) is 3.59. The first kappa shape index (κ1) is 18.7. The third-order valence-electron chi connectivity index (χ3n) is 3.59. The molecule has 1 atom stereocenters. The van der Waals surface area contributed by atoms with Crippen molar-refractivity contribution in [3.8, 4) is 5.75 Å². The van der Waals surface area contributed by atoms with E-state index in [1.807, 2.05) is 25.2 Å². The van der Waals surface area contributed by atoms with Crippen molar-refractivity contribution in [1.82, 2.24) is 4.90 Å². The predicted molar refractivity (Wildman–Crippen MR) is 89.5 cm³/mol. The molecule has 0 aliphatic heterocycles. The summed E-state index contributed by atoms with van der Waals surface area (Å²) in [6, 6.07) is 5.97. The van der Waals surface area contributed by atoms with Gasteiger partial charge in [0, 0.05) is 19.5 Å². The smallest absolute Gasteiger partial charge is 0.124 e. The molecule has 0 radical (unpaired) electrons. The Morgan fingerprint density at radius 2 is 2.14 bits per heavy atom. The minimum Gasteiger partial charge on any atom is -0.494 e. The van der Waals surface area contributed by atoms with Crippen molar-refractivity contribution in [2.45, 2.75) is 45.6 Å². The van der Waals surface area contributed by atoms with E-state index in [1.54, 1.807) is 6.92 Å². The lowest BCUT2D eigenvalue weighted by Crippen LogP contribution is -2.29. The van der Waals surface area contributed by atoms with Gasteiger partial charge in [0.2, 0.25) is 0 Å². The number of rotatable bonds is 11. The molecular formula is C18H29NO3. The lowest BCUT2D eigenvalue weighted by Gasteiger charge is -2.19. The Labute approximate surface area is 134 Å². The van der Waals surface area contributed by atoms with Gasteiger partial charge in [-0.1, -0.05) is 19.4 Å². The highest BCUT2D eigenvalue weighted by Gasteiger charge is 2.08. The van der Waals surface area contributed by atoms with Crippen LogP contribution in [-0.4, -0.2) is 49.1 Å². The molecule has 1 unspecified atom stereocenters. The van der Waals surface area contributed by atoms with Crippen molar-refractivity contribution in [2.24, 2.45) is 0 Å². The molecule has 124 valence electrons. The summed E-state index contributed by atoms with van der Waals surface area (Å²) in [4.78, 5) is 12.9. The third kappa shape index (κ3) is 7.05. The summed E-state index contributed by atoms with van der Waals surface area (Å²) in [5.41, 5.74) is 2.21. The number of nitrogens with zero attached hydrogens (tertiary/aromatic N) is 1. The molecule has 0 bridgehead atoms. The van der Waals surface area contributed by atoms with E-state index < -0.39 is 0 Å². The monoisotopic (exact) mass is 307 g/mol. The molecule has 1 aromatic carbocycles. The van der Waals surface area contributed by atoms with E-state index in [2.05, 4.69) is 11.8 Å². The molecule has 0 saturated heterocycles. The van der Waals surface area contributed by atoms with Crippen molar-refractivity contribution in [3.63, 3.8) is 0 Å². The van der Waals surface area contributed by atoms with Crippen LogP contribution in [0.5, 0.6) is 5.75 Å². The second kappa shape index (κ2) is 10.4. The highest BCUT2D eigenvalue weighted by Crippen LogP contribution is 2.19. The molecule has 22 heavy (non-hydrogen) atoms. The Morgan fingerprint density at radius 1 is 1.36 bits per heavy atom. The van der Waals surface area contributed by atoms with Gasteiger partial charge in [-0.25, -0.2) is 0 Å². The van der Waals surface area contributed by atoms with Crippen molar-refractivity contribution in [1.29, 1.82) is 0 Å². The van der Waals surface area contributed by atoms with Crippen LogP contribution in [0.15, 0.2) is 18.2 Å². The molecule has 0 aliphatic carbocycles. The zero-order valence-electron chi connectivity index (χ0n) is 14.0. The second-order valence-corrected chi connectivity index (χ2v) is 5.86. The number of hydrogen-bond donors (Lipinski definition) is 1. The molecule has 1 rings (SSSR count). The van der Waals surface area contributed by atoms with Crippen LogP contribution in [0, 0.1) is 0 Å². The number of likely N-dealkylation sites (N-methyl/N-ethyl adjacent to an activating group) is 1. The van der Waals surface area contributed by atoms with Gasteiger partial charge in [-0.2, -0.15) is 0 Å². The molecule has 0 aromatic heterocycles. The lowest BCUT2D eigenvalue weighted by molar-refractivity contribution is -0.107. The Bertz CT molecular complexity index is 446. The van der Waals surface area contributed by atoms with Gasteiger partial charge in [0.1, 0.15) is 12.0 Å². The number of aliphatic hydroxyl groups is 1. The van der Waals surface area contributed by atoms with E-state index in [4.69, 9.17) is 4.74 Å². The number of ether oxygens (including phenoxy) is 1. The number of aliphatic hydroxyl groups excluding tert-OH is 1. The Kier molecular flexibility index (Phi) is 8.78. The van der Waals surface area contributed by atoms with Crippen LogP contribution in [0.4, 0.5) is 0 Å². The largest absolute Gasteiger partial charge is 0.494 e. The molecule has 0 heterocycles. The van der Waals surface area contributed by atoms with E-state index in [9.17, 15) is 9.90 Å². The van der Waals surface area contributed by atoms with Gasteiger partial charge in [0.15, 0.2) is 0 Å². The van der Waals surface area contributed by atoms with E-state index >= 15 is 0 Å². The maximum atomic E-state index is 10.8. The van der Waals surface area contributed by atoms with Crippen molar-refractivity contribution >= 4 is 6.29 Å². The van der Waals surface area contributed by atoms with Crippen molar-refractivity contribution < 1.29 is 14.6 Å². The number of carbonyl (C=O) groups is 1. The van der Waals surface area contributed by atoms with Gasteiger partial charge in [0.05, 0.1) is 12.7 Å². The highest BCUT2D eigenvalue weighted by atomic mass is 16.5. The van der Waals surface area contributed by atoms with Crippen LogP contribution in [0.3, 0.4) is 0 Å². The standard InChI is InChI=1S/C18H29NO3/c1-4-5-12-22-18-7-6-16(9-11-20)17(13-18)8-10-19(3)14-15(2)21/h6-7,11,13,15,21H,4-5,8-10,12,14H2,1-3H3. The normalized spacial score (nSPS) is 12.4. The first-order chi connectivity index (χ1) is 10.6. The van der Waals surface area contributed by atoms with E-state index in [0.717, 1.165) is 55.6 Å². The van der Waals surface area contributed by atoms with Gasteiger partial charge in [-0.15, -0.1) is 0 Å². The fourth-order valence-corrected chi connectivity index (χ4v) is 2.40. The quantitative estimate of drug-likeness (QED) is 0.504. The summed E-state index contributed by atoms with van der Waals surface area (Å²) in [5, 5.41) is 9.42. The lowest BCUT2D eigenvalue weighted by atomic mass is 10.0. The maximum absolute atomic E-state index is 10.8. The molecular weight excluding hydrogens is 278 g/mol. The fourth-order valence-electron chi connectivity index (χ4n) is 2.40. The molecule has 0 saturated carbocycles. The molecule has 4 heteroatoms. The molecule has 0 aliphatic rings. The topological polar surface area (TPSA) is 49.8 Å². The first-order valence-electron chi connectivity index (χ1n) is 8.11. The highest BCUT2D eigenvalue weighted by molar-refractivity contribution is 5.57. The molecule has 4 nitrogen and oxygen atoms in total.